The van der Waals surface area contributed by atoms with Crippen LogP contribution < -0.4 is 0 Å². The highest BCUT2D eigenvalue weighted by molar-refractivity contribution is 5.84. The molecule has 1 aromatic heterocycles. The lowest BCUT2D eigenvalue weighted by atomic mass is 9.99. The van der Waals surface area contributed by atoms with E-state index in [0.29, 0.717) is 6.42 Å². The van der Waals surface area contributed by atoms with Gasteiger partial charge in [-0.3, -0.25) is 4.90 Å². The van der Waals surface area contributed by atoms with Gasteiger partial charge >= 0.3 is 5.97 Å². The number of rotatable bonds is 5. The molecule has 19 heavy (non-hydrogen) atoms. The molecule has 1 saturated carbocycles. The summed E-state index contributed by atoms with van der Waals surface area (Å²) in [7, 11) is 0. The van der Waals surface area contributed by atoms with Crippen LogP contribution in [0.1, 0.15) is 35.8 Å². The predicted octanol–water partition coefficient (Wildman–Crippen LogP) is 0.527. The van der Waals surface area contributed by atoms with E-state index in [-0.39, 0.29) is 17.2 Å². The van der Waals surface area contributed by atoms with E-state index >= 15 is 0 Å². The van der Waals surface area contributed by atoms with E-state index in [2.05, 4.69) is 21.3 Å². The van der Waals surface area contributed by atoms with Gasteiger partial charge in [0.25, 0.3) is 0 Å². The molecule has 0 unspecified atom stereocenters. The van der Waals surface area contributed by atoms with E-state index in [1.807, 2.05) is 0 Å². The Morgan fingerprint density at radius 1 is 1.58 bits per heavy atom. The first-order valence-corrected chi connectivity index (χ1v) is 6.36. The zero-order valence-electron chi connectivity index (χ0n) is 10.5. The van der Waals surface area contributed by atoms with E-state index in [9.17, 15) is 4.79 Å². The van der Waals surface area contributed by atoms with Crippen molar-refractivity contribution in [3.05, 3.63) is 11.9 Å². The van der Waals surface area contributed by atoms with E-state index < -0.39 is 5.97 Å². The van der Waals surface area contributed by atoms with E-state index in [0.717, 1.165) is 32.5 Å². The summed E-state index contributed by atoms with van der Waals surface area (Å²) < 4.78 is 1.63. The second-order valence-electron chi connectivity index (χ2n) is 5.57. The van der Waals surface area contributed by atoms with Gasteiger partial charge in [0.05, 0.1) is 18.3 Å². The molecule has 0 bridgehead atoms. The van der Waals surface area contributed by atoms with Crippen molar-refractivity contribution in [2.24, 2.45) is 5.41 Å². The van der Waals surface area contributed by atoms with Gasteiger partial charge in [-0.1, -0.05) is 5.21 Å². The van der Waals surface area contributed by atoms with Gasteiger partial charge in [-0.2, -0.15) is 5.26 Å². The smallest absolute Gasteiger partial charge is 0.358 e. The minimum absolute atomic E-state index is 0.0124. The summed E-state index contributed by atoms with van der Waals surface area (Å²) in [5.74, 6) is -1.05. The zero-order chi connectivity index (χ0) is 13.5. The molecule has 0 spiro atoms. The highest BCUT2D eigenvalue weighted by Crippen LogP contribution is 2.50. The van der Waals surface area contributed by atoms with Crippen LogP contribution in [0.25, 0.3) is 0 Å². The van der Waals surface area contributed by atoms with E-state index in [4.69, 9.17) is 10.4 Å². The highest BCUT2D eigenvalue weighted by Gasteiger charge is 2.46. The monoisotopic (exact) mass is 261 g/mol. The average Bonchev–Trinajstić information content (AvgIpc) is 2.90. The number of nitrogens with zero attached hydrogens (tertiary/aromatic N) is 5. The molecular weight excluding hydrogens is 246 g/mol. The maximum absolute atomic E-state index is 10.7. The lowest BCUT2D eigenvalue weighted by Crippen LogP contribution is -2.50. The van der Waals surface area contributed by atoms with Crippen LogP contribution in [0.3, 0.4) is 0 Å². The Morgan fingerprint density at radius 3 is 2.84 bits per heavy atom. The second kappa shape index (κ2) is 4.31. The SMILES string of the molecule is N#CCC1(CN2CC(n3cc(C(=O)O)nn3)C2)CC1. The normalized spacial score (nSPS) is 21.6. The Morgan fingerprint density at radius 2 is 2.32 bits per heavy atom. The molecule has 0 aromatic carbocycles. The molecule has 1 aliphatic heterocycles. The van der Waals surface area contributed by atoms with Gasteiger partial charge in [-0.15, -0.1) is 5.10 Å². The third-order valence-electron chi connectivity index (χ3n) is 4.01. The summed E-state index contributed by atoms with van der Waals surface area (Å²) in [4.78, 5) is 13.0. The van der Waals surface area contributed by atoms with Crippen molar-refractivity contribution in [1.82, 2.24) is 19.9 Å². The Balaban J connectivity index is 1.52. The fourth-order valence-electron chi connectivity index (χ4n) is 2.60. The van der Waals surface area contributed by atoms with Gasteiger partial charge in [-0.25, -0.2) is 9.48 Å². The van der Waals surface area contributed by atoms with Crippen LogP contribution >= 0.6 is 0 Å². The van der Waals surface area contributed by atoms with Crippen molar-refractivity contribution < 1.29 is 9.90 Å². The Bertz CT molecular complexity index is 537. The maximum Gasteiger partial charge on any atom is 0.358 e. The molecule has 1 aliphatic carbocycles. The predicted molar refractivity (Wildman–Crippen MR) is 64.4 cm³/mol. The van der Waals surface area contributed by atoms with Crippen LogP contribution in [-0.2, 0) is 0 Å². The molecule has 0 atom stereocenters. The minimum atomic E-state index is -1.05. The summed E-state index contributed by atoms with van der Waals surface area (Å²) in [6.07, 6.45) is 4.41. The topological polar surface area (TPSA) is 95.0 Å². The van der Waals surface area contributed by atoms with Crippen molar-refractivity contribution in [2.75, 3.05) is 19.6 Å². The molecule has 2 fully saturated rings. The van der Waals surface area contributed by atoms with Crippen molar-refractivity contribution >= 4 is 5.97 Å². The third-order valence-corrected chi connectivity index (χ3v) is 4.01. The Kier molecular flexibility index (Phi) is 2.75. The van der Waals surface area contributed by atoms with Crippen LogP contribution in [-0.4, -0.2) is 50.6 Å². The molecular formula is C12H15N5O2. The fourth-order valence-corrected chi connectivity index (χ4v) is 2.60. The van der Waals surface area contributed by atoms with Gasteiger partial charge < -0.3 is 5.11 Å². The maximum atomic E-state index is 10.7. The summed E-state index contributed by atoms with van der Waals surface area (Å²) >= 11 is 0. The van der Waals surface area contributed by atoms with Crippen molar-refractivity contribution in [2.45, 2.75) is 25.3 Å². The van der Waals surface area contributed by atoms with Crippen molar-refractivity contribution in [1.29, 1.82) is 5.26 Å². The third kappa shape index (κ3) is 2.31. The zero-order valence-corrected chi connectivity index (χ0v) is 10.5. The standard InChI is InChI=1S/C12H15N5O2/c13-4-3-12(1-2-12)8-16-5-9(6-16)17-7-10(11(18)19)14-15-17/h7,9H,1-3,5-6,8H2,(H,18,19). The number of aromatic carboxylic acids is 1. The van der Waals surface area contributed by atoms with Gasteiger partial charge in [0.15, 0.2) is 5.69 Å². The summed E-state index contributed by atoms with van der Waals surface area (Å²) in [6.45, 7) is 2.68. The van der Waals surface area contributed by atoms with Gasteiger partial charge in [0, 0.05) is 26.1 Å². The number of hydrogen-bond donors (Lipinski definition) is 1. The molecule has 0 radical (unpaired) electrons. The number of hydrogen-bond acceptors (Lipinski definition) is 5. The fraction of sp³-hybridized carbons (Fsp3) is 0.667. The number of aromatic nitrogens is 3. The van der Waals surface area contributed by atoms with Gasteiger partial charge in [-0.05, 0) is 18.3 Å². The number of nitriles is 1. The van der Waals surface area contributed by atoms with Crippen LogP contribution in [0.5, 0.6) is 0 Å². The molecule has 3 rings (SSSR count). The van der Waals surface area contributed by atoms with Crippen molar-refractivity contribution in [3.8, 4) is 6.07 Å². The first kappa shape index (κ1) is 12.1. The number of likely N-dealkylation sites (tertiary alicyclic amines) is 1. The van der Waals surface area contributed by atoms with E-state index in [1.165, 1.54) is 6.20 Å². The van der Waals surface area contributed by atoms with Crippen LogP contribution in [0.4, 0.5) is 0 Å². The van der Waals surface area contributed by atoms with Gasteiger partial charge in [0.2, 0.25) is 0 Å². The first-order chi connectivity index (χ1) is 9.12. The van der Waals surface area contributed by atoms with Gasteiger partial charge in [0.1, 0.15) is 0 Å². The minimum Gasteiger partial charge on any atom is -0.476 e. The summed E-state index contributed by atoms with van der Waals surface area (Å²) in [6, 6.07) is 2.47. The largest absolute Gasteiger partial charge is 0.476 e. The van der Waals surface area contributed by atoms with Crippen LogP contribution in [0.2, 0.25) is 0 Å². The molecule has 0 amide bonds. The molecule has 1 N–H and O–H groups in total. The first-order valence-electron chi connectivity index (χ1n) is 6.36. The molecule has 100 valence electrons. The van der Waals surface area contributed by atoms with Crippen LogP contribution in [0.15, 0.2) is 6.20 Å². The summed E-state index contributed by atoms with van der Waals surface area (Å²) in [5.41, 5.74) is 0.218. The molecule has 1 aromatic rings. The second-order valence-corrected chi connectivity index (χ2v) is 5.57. The van der Waals surface area contributed by atoms with Crippen LogP contribution in [0, 0.1) is 16.7 Å². The average molecular weight is 261 g/mol. The molecule has 7 nitrogen and oxygen atoms in total. The number of carboxylic acids is 1. The highest BCUT2D eigenvalue weighted by atomic mass is 16.4. The molecule has 2 heterocycles. The van der Waals surface area contributed by atoms with E-state index in [1.54, 1.807) is 4.68 Å². The summed E-state index contributed by atoms with van der Waals surface area (Å²) in [5, 5.41) is 25.0. The number of carbonyl (C=O) groups is 1. The molecule has 2 aliphatic rings. The van der Waals surface area contributed by atoms with Crippen molar-refractivity contribution in [3.63, 3.8) is 0 Å². The Labute approximate surface area is 110 Å². The quantitative estimate of drug-likeness (QED) is 0.830. The molecule has 7 heteroatoms. The lowest BCUT2D eigenvalue weighted by molar-refractivity contribution is 0.0689. The molecule has 1 saturated heterocycles. The Hall–Kier alpha value is -1.94. The number of carboxylic acid groups (broad SMARTS) is 1. The lowest BCUT2D eigenvalue weighted by Gasteiger charge is -2.40.